The zero-order chi connectivity index (χ0) is 18.3. The molecule has 1 saturated carbocycles. The highest BCUT2D eigenvalue weighted by Gasteiger charge is 2.59. The molecular formula is C20H28N4O2. The second-order valence-electron chi connectivity index (χ2n) is 8.18. The molecule has 1 amide bonds. The van der Waals surface area contributed by atoms with Crippen LogP contribution in [0.2, 0.25) is 0 Å². The molecule has 26 heavy (non-hydrogen) atoms. The maximum absolute atomic E-state index is 12.0. The van der Waals surface area contributed by atoms with Crippen molar-refractivity contribution in [1.29, 1.82) is 0 Å². The number of nitrogens with zero attached hydrogens (tertiary/aromatic N) is 1. The summed E-state index contributed by atoms with van der Waals surface area (Å²) in [6.07, 6.45) is 1.96. The zero-order valence-corrected chi connectivity index (χ0v) is 15.7. The van der Waals surface area contributed by atoms with Gasteiger partial charge in [0.15, 0.2) is 5.96 Å². The van der Waals surface area contributed by atoms with Crippen molar-refractivity contribution >= 4 is 17.6 Å². The summed E-state index contributed by atoms with van der Waals surface area (Å²) in [4.78, 5) is 16.4. The molecule has 2 heterocycles. The molecule has 1 aliphatic carbocycles. The standard InChI is InChI=1S/C20H28N4O2/c1-20(2)17(14-8-9-26-18(14)20)24-19(21-3)22-11-12-10-16(25)23-15-7-5-4-6-13(12)15/h4-7,12,14,17-18H,8-11H2,1-3H3,(H,23,25)(H2,21,22,24). The van der Waals surface area contributed by atoms with Gasteiger partial charge in [-0.25, -0.2) is 0 Å². The number of nitrogens with one attached hydrogen (secondary N) is 3. The van der Waals surface area contributed by atoms with Crippen molar-refractivity contribution in [2.45, 2.75) is 44.8 Å². The molecule has 0 radical (unpaired) electrons. The Balaban J connectivity index is 1.40. The predicted molar refractivity (Wildman–Crippen MR) is 102 cm³/mol. The van der Waals surface area contributed by atoms with Crippen LogP contribution in [0.5, 0.6) is 0 Å². The summed E-state index contributed by atoms with van der Waals surface area (Å²) in [5.41, 5.74) is 2.21. The van der Waals surface area contributed by atoms with Crippen molar-refractivity contribution in [3.63, 3.8) is 0 Å². The maximum atomic E-state index is 12.0. The van der Waals surface area contributed by atoms with Gasteiger partial charge in [-0.3, -0.25) is 9.79 Å². The van der Waals surface area contributed by atoms with Gasteiger partial charge in [0.2, 0.25) is 5.91 Å². The van der Waals surface area contributed by atoms with Crippen LogP contribution < -0.4 is 16.0 Å². The number of rotatable bonds is 3. The predicted octanol–water partition coefficient (Wildman–Crippen LogP) is 2.09. The maximum Gasteiger partial charge on any atom is 0.225 e. The molecule has 1 saturated heterocycles. The van der Waals surface area contributed by atoms with Crippen LogP contribution in [0, 0.1) is 11.3 Å². The largest absolute Gasteiger partial charge is 0.377 e. The molecule has 3 N–H and O–H groups in total. The summed E-state index contributed by atoms with van der Waals surface area (Å²) in [5.74, 6) is 1.58. The first-order valence-corrected chi connectivity index (χ1v) is 9.48. The number of carbonyl (C=O) groups excluding carboxylic acids is 1. The van der Waals surface area contributed by atoms with Gasteiger partial charge in [0.1, 0.15) is 0 Å². The highest BCUT2D eigenvalue weighted by atomic mass is 16.5. The Bertz CT molecular complexity index is 730. The van der Waals surface area contributed by atoms with Crippen molar-refractivity contribution in [3.8, 4) is 0 Å². The number of hydrogen-bond donors (Lipinski definition) is 3. The van der Waals surface area contributed by atoms with Gasteiger partial charge in [0.05, 0.1) is 6.10 Å². The Morgan fingerprint density at radius 1 is 1.38 bits per heavy atom. The molecule has 0 bridgehead atoms. The van der Waals surface area contributed by atoms with Gasteiger partial charge >= 0.3 is 0 Å². The zero-order valence-electron chi connectivity index (χ0n) is 15.7. The first-order chi connectivity index (χ1) is 12.5. The van der Waals surface area contributed by atoms with E-state index in [9.17, 15) is 4.79 Å². The summed E-state index contributed by atoms with van der Waals surface area (Å²) >= 11 is 0. The average molecular weight is 356 g/mol. The van der Waals surface area contributed by atoms with Crippen molar-refractivity contribution in [2.75, 3.05) is 25.5 Å². The minimum absolute atomic E-state index is 0.0736. The quantitative estimate of drug-likeness (QED) is 0.573. The van der Waals surface area contributed by atoms with E-state index < -0.39 is 0 Å². The second-order valence-corrected chi connectivity index (χ2v) is 8.18. The van der Waals surface area contributed by atoms with E-state index in [-0.39, 0.29) is 17.2 Å². The monoisotopic (exact) mass is 356 g/mol. The van der Waals surface area contributed by atoms with Crippen LogP contribution in [-0.4, -0.2) is 44.2 Å². The minimum Gasteiger partial charge on any atom is -0.377 e. The van der Waals surface area contributed by atoms with Crippen molar-refractivity contribution in [2.24, 2.45) is 16.3 Å². The number of ether oxygens (including phenoxy) is 1. The van der Waals surface area contributed by atoms with E-state index in [0.29, 0.717) is 31.0 Å². The van der Waals surface area contributed by atoms with Gasteiger partial charge < -0.3 is 20.7 Å². The van der Waals surface area contributed by atoms with E-state index in [1.54, 1.807) is 7.05 Å². The number of guanidine groups is 1. The third-order valence-electron chi connectivity index (χ3n) is 6.24. The summed E-state index contributed by atoms with van der Waals surface area (Å²) in [6, 6.07) is 8.39. The Morgan fingerprint density at radius 2 is 2.19 bits per heavy atom. The van der Waals surface area contributed by atoms with E-state index in [0.717, 1.165) is 24.7 Å². The lowest BCUT2D eigenvalue weighted by Crippen LogP contribution is -2.68. The number of amides is 1. The van der Waals surface area contributed by atoms with Crippen LogP contribution in [0.3, 0.4) is 0 Å². The van der Waals surface area contributed by atoms with E-state index in [2.05, 4.69) is 40.9 Å². The van der Waals surface area contributed by atoms with E-state index in [1.165, 1.54) is 5.56 Å². The highest BCUT2D eigenvalue weighted by Crippen LogP contribution is 2.52. The summed E-state index contributed by atoms with van der Waals surface area (Å²) in [6.45, 7) is 6.05. The van der Waals surface area contributed by atoms with Gasteiger partial charge in [-0.05, 0) is 18.1 Å². The van der Waals surface area contributed by atoms with Crippen molar-refractivity contribution in [3.05, 3.63) is 29.8 Å². The van der Waals surface area contributed by atoms with Crippen LogP contribution in [0.1, 0.15) is 38.2 Å². The fourth-order valence-corrected chi connectivity index (χ4v) is 4.86. The molecule has 1 aromatic rings. The molecule has 4 atom stereocenters. The fourth-order valence-electron chi connectivity index (χ4n) is 4.86. The first kappa shape index (κ1) is 17.3. The number of fused-ring (bicyclic) bond motifs is 2. The third kappa shape index (κ3) is 2.86. The SMILES string of the molecule is CN=C(NCC1CC(=O)Nc2ccccc21)NC1C2CCOC2C1(C)C. The minimum atomic E-state index is 0.0736. The number of aliphatic imine (C=N–C) groups is 1. The van der Waals surface area contributed by atoms with Crippen LogP contribution in [-0.2, 0) is 9.53 Å². The smallest absolute Gasteiger partial charge is 0.225 e. The molecule has 2 fully saturated rings. The van der Waals surface area contributed by atoms with Gasteiger partial charge in [-0.15, -0.1) is 0 Å². The molecule has 140 valence electrons. The fraction of sp³-hybridized carbons (Fsp3) is 0.600. The lowest BCUT2D eigenvalue weighted by molar-refractivity contribution is -0.116. The molecule has 4 unspecified atom stereocenters. The van der Waals surface area contributed by atoms with Crippen molar-refractivity contribution < 1.29 is 9.53 Å². The number of hydrogen-bond acceptors (Lipinski definition) is 3. The van der Waals surface area contributed by atoms with E-state index >= 15 is 0 Å². The number of anilines is 1. The molecule has 4 rings (SSSR count). The Labute approximate surface area is 154 Å². The van der Waals surface area contributed by atoms with Crippen LogP contribution >= 0.6 is 0 Å². The van der Waals surface area contributed by atoms with Gasteiger partial charge in [-0.2, -0.15) is 0 Å². The summed E-state index contributed by atoms with van der Waals surface area (Å²) in [5, 5.41) is 9.98. The average Bonchev–Trinajstić information content (AvgIpc) is 3.08. The molecule has 0 spiro atoms. The van der Waals surface area contributed by atoms with Crippen LogP contribution in [0.4, 0.5) is 5.69 Å². The summed E-state index contributed by atoms with van der Waals surface area (Å²) < 4.78 is 5.87. The lowest BCUT2D eigenvalue weighted by Gasteiger charge is -2.55. The molecule has 2 aliphatic heterocycles. The lowest BCUT2D eigenvalue weighted by atomic mass is 9.57. The van der Waals surface area contributed by atoms with Crippen LogP contribution in [0.25, 0.3) is 0 Å². The van der Waals surface area contributed by atoms with E-state index in [1.807, 2.05) is 18.2 Å². The normalized spacial score (nSPS) is 32.1. The van der Waals surface area contributed by atoms with Gasteiger partial charge in [0, 0.05) is 55.6 Å². The summed E-state index contributed by atoms with van der Waals surface area (Å²) in [7, 11) is 1.80. The van der Waals surface area contributed by atoms with Gasteiger partial charge in [0.25, 0.3) is 0 Å². The molecule has 3 aliphatic rings. The molecular weight excluding hydrogens is 328 g/mol. The topological polar surface area (TPSA) is 74.8 Å². The highest BCUT2D eigenvalue weighted by molar-refractivity contribution is 5.94. The Hall–Kier alpha value is -2.08. The van der Waals surface area contributed by atoms with Crippen LogP contribution in [0.15, 0.2) is 29.3 Å². The molecule has 1 aromatic carbocycles. The number of benzene rings is 1. The van der Waals surface area contributed by atoms with Crippen molar-refractivity contribution in [1.82, 2.24) is 10.6 Å². The molecule has 0 aromatic heterocycles. The van der Waals surface area contributed by atoms with E-state index in [4.69, 9.17) is 4.74 Å². The van der Waals surface area contributed by atoms with Gasteiger partial charge in [-0.1, -0.05) is 32.0 Å². The molecule has 6 nitrogen and oxygen atoms in total. The number of carbonyl (C=O) groups is 1. The molecule has 6 heteroatoms. The Kier molecular flexibility index (Phi) is 4.39. The number of para-hydroxylation sites is 1. The third-order valence-corrected chi connectivity index (χ3v) is 6.24. The second kappa shape index (κ2) is 6.58. The Morgan fingerprint density at radius 3 is 3.00 bits per heavy atom. The first-order valence-electron chi connectivity index (χ1n) is 9.48.